The monoisotopic (exact) mass is 390 g/mol. The van der Waals surface area contributed by atoms with Gasteiger partial charge < -0.3 is 9.84 Å². The normalized spacial score (nSPS) is 40.9. The van der Waals surface area contributed by atoms with Crippen molar-refractivity contribution in [2.75, 3.05) is 7.11 Å². The first-order valence-electron chi connectivity index (χ1n) is 9.19. The Morgan fingerprint density at radius 2 is 2.08 bits per heavy atom. The molecule has 3 aliphatic carbocycles. The van der Waals surface area contributed by atoms with Crippen molar-refractivity contribution in [2.24, 2.45) is 17.3 Å². The minimum Gasteiger partial charge on any atom is -0.497 e. The number of rotatable bonds is 2. The lowest BCUT2D eigenvalue weighted by Crippen LogP contribution is -2.49. The van der Waals surface area contributed by atoms with Crippen molar-refractivity contribution in [3.8, 4) is 5.75 Å². The van der Waals surface area contributed by atoms with Gasteiger partial charge in [0.25, 0.3) is 0 Å². The van der Waals surface area contributed by atoms with E-state index >= 15 is 0 Å². The zero-order valence-corrected chi connectivity index (χ0v) is 16.2. The van der Waals surface area contributed by atoms with Gasteiger partial charge >= 0.3 is 0 Å². The fraction of sp³-hybridized carbons (Fsp3) is 0.619. The minimum absolute atomic E-state index is 0.0163. The molecule has 4 rings (SSSR count). The van der Waals surface area contributed by atoms with Crippen LogP contribution >= 0.6 is 15.9 Å². The maximum Gasteiger partial charge on any atom is 0.119 e. The number of ether oxygens (including phenoxy) is 1. The van der Waals surface area contributed by atoms with Gasteiger partial charge in [0.1, 0.15) is 5.75 Å². The Kier molecular flexibility index (Phi) is 4.08. The largest absolute Gasteiger partial charge is 0.497 e. The molecule has 3 aliphatic rings. The first-order chi connectivity index (χ1) is 11.5. The van der Waals surface area contributed by atoms with Crippen LogP contribution in [-0.4, -0.2) is 17.8 Å². The van der Waals surface area contributed by atoms with Gasteiger partial charge in [0.15, 0.2) is 0 Å². The summed E-state index contributed by atoms with van der Waals surface area (Å²) < 4.78 is 5.41. The van der Waals surface area contributed by atoms with E-state index in [-0.39, 0.29) is 5.41 Å². The lowest BCUT2D eigenvalue weighted by molar-refractivity contribution is -0.0708. The van der Waals surface area contributed by atoms with Crippen LogP contribution in [0.25, 0.3) is 0 Å². The molecular weight excluding hydrogens is 364 g/mol. The Labute approximate surface area is 153 Å². The molecule has 1 N–H and O–H groups in total. The van der Waals surface area contributed by atoms with E-state index in [1.54, 1.807) is 12.7 Å². The molecule has 0 bridgehead atoms. The maximum absolute atomic E-state index is 11.3. The van der Waals surface area contributed by atoms with Gasteiger partial charge in [-0.05, 0) is 90.6 Å². The van der Waals surface area contributed by atoms with E-state index in [0.29, 0.717) is 17.8 Å². The van der Waals surface area contributed by atoms with Crippen LogP contribution in [0, 0.1) is 17.3 Å². The molecule has 0 unspecified atom stereocenters. The van der Waals surface area contributed by atoms with E-state index in [2.05, 4.69) is 41.1 Å². The molecular formula is C21H27BrO2. The van der Waals surface area contributed by atoms with Crippen LogP contribution in [-0.2, 0) is 6.42 Å². The number of fused-ring (bicyclic) bond motifs is 5. The van der Waals surface area contributed by atoms with Crippen LogP contribution in [0.4, 0.5) is 0 Å². The third kappa shape index (κ3) is 2.24. The Hall–Kier alpha value is -0.800. The van der Waals surface area contributed by atoms with E-state index in [4.69, 9.17) is 4.74 Å². The number of halogens is 1. The summed E-state index contributed by atoms with van der Waals surface area (Å²) in [5.74, 6) is 2.97. The van der Waals surface area contributed by atoms with Crippen LogP contribution in [0.2, 0.25) is 0 Å². The van der Waals surface area contributed by atoms with Crippen molar-refractivity contribution >= 4 is 15.9 Å². The zero-order chi connectivity index (χ0) is 16.9. The molecule has 0 heterocycles. The maximum atomic E-state index is 11.3. The lowest BCUT2D eigenvalue weighted by Gasteiger charge is -2.52. The van der Waals surface area contributed by atoms with Crippen molar-refractivity contribution in [3.63, 3.8) is 0 Å². The number of hydrogen-bond donors (Lipinski definition) is 1. The van der Waals surface area contributed by atoms with Crippen LogP contribution < -0.4 is 4.74 Å². The summed E-state index contributed by atoms with van der Waals surface area (Å²) in [5, 5.41) is 11.3. The molecule has 1 aromatic carbocycles. The van der Waals surface area contributed by atoms with Gasteiger partial charge in [-0.1, -0.05) is 28.9 Å². The topological polar surface area (TPSA) is 29.5 Å². The molecule has 0 radical (unpaired) electrons. The molecule has 130 valence electrons. The van der Waals surface area contributed by atoms with E-state index in [1.807, 2.05) is 11.1 Å². The summed E-state index contributed by atoms with van der Waals surface area (Å²) in [6.45, 7) is 2.33. The van der Waals surface area contributed by atoms with Crippen molar-refractivity contribution in [1.29, 1.82) is 0 Å². The third-order valence-electron chi connectivity index (χ3n) is 7.49. The van der Waals surface area contributed by atoms with Crippen LogP contribution in [0.15, 0.2) is 29.3 Å². The number of methoxy groups -OCH3 is 1. The number of aliphatic hydroxyl groups is 1. The summed E-state index contributed by atoms with van der Waals surface area (Å²) >= 11 is 3.39. The molecule has 0 aliphatic heterocycles. The summed E-state index contributed by atoms with van der Waals surface area (Å²) in [5.41, 5.74) is 2.39. The fourth-order valence-electron chi connectivity index (χ4n) is 6.11. The number of benzene rings is 1. The highest BCUT2D eigenvalue weighted by molar-refractivity contribution is 9.11. The van der Waals surface area contributed by atoms with Gasteiger partial charge in [0, 0.05) is 5.41 Å². The third-order valence-corrected chi connectivity index (χ3v) is 7.75. The smallest absolute Gasteiger partial charge is 0.119 e. The van der Waals surface area contributed by atoms with Gasteiger partial charge in [-0.2, -0.15) is 0 Å². The fourth-order valence-corrected chi connectivity index (χ4v) is 6.55. The molecule has 1 aromatic rings. The second kappa shape index (κ2) is 5.88. The standard InChI is InChI=1S/C21H27BrO2/c1-20-9-7-17-16-6-4-15(24-2)13-14(16)3-5-18(17)19(20)8-10-21(20,23)11-12-22/h4,6,11-13,17-19,23H,3,5,7-10H2,1-2H3/b12-11+/t17-,18-,19+,20+,21-/m1/s1. The summed E-state index contributed by atoms with van der Waals surface area (Å²) in [4.78, 5) is 1.86. The van der Waals surface area contributed by atoms with Crippen molar-refractivity contribution < 1.29 is 9.84 Å². The van der Waals surface area contributed by atoms with Crippen molar-refractivity contribution in [2.45, 2.75) is 57.0 Å². The zero-order valence-electron chi connectivity index (χ0n) is 14.6. The average molecular weight is 391 g/mol. The van der Waals surface area contributed by atoms with Gasteiger partial charge in [0.2, 0.25) is 0 Å². The molecule has 0 saturated heterocycles. The van der Waals surface area contributed by atoms with Gasteiger partial charge in [0.05, 0.1) is 12.7 Å². The molecule has 0 spiro atoms. The van der Waals surface area contributed by atoms with E-state index in [9.17, 15) is 5.11 Å². The summed E-state index contributed by atoms with van der Waals surface area (Å²) in [6, 6.07) is 6.65. The predicted octanol–water partition coefficient (Wildman–Crippen LogP) is 5.19. The highest BCUT2D eigenvalue weighted by atomic mass is 79.9. The van der Waals surface area contributed by atoms with Crippen LogP contribution in [0.1, 0.15) is 56.1 Å². The first-order valence-corrected chi connectivity index (χ1v) is 10.1. The van der Waals surface area contributed by atoms with E-state index < -0.39 is 5.60 Å². The van der Waals surface area contributed by atoms with Gasteiger partial charge in [-0.3, -0.25) is 0 Å². The summed E-state index contributed by atoms with van der Waals surface area (Å²) in [6.07, 6.45) is 8.74. The Balaban J connectivity index is 1.68. The number of hydrogen-bond acceptors (Lipinski definition) is 2. The van der Waals surface area contributed by atoms with Gasteiger partial charge in [-0.15, -0.1) is 0 Å². The molecule has 24 heavy (non-hydrogen) atoms. The molecule has 3 heteroatoms. The summed E-state index contributed by atoms with van der Waals surface area (Å²) in [7, 11) is 1.75. The quantitative estimate of drug-likeness (QED) is 0.752. The molecule has 5 atom stereocenters. The number of aryl methyl sites for hydroxylation is 1. The van der Waals surface area contributed by atoms with Crippen molar-refractivity contribution in [1.82, 2.24) is 0 Å². The Morgan fingerprint density at radius 3 is 2.83 bits per heavy atom. The highest BCUT2D eigenvalue weighted by Crippen LogP contribution is 2.64. The average Bonchev–Trinajstić information content (AvgIpc) is 2.86. The molecule has 0 amide bonds. The highest BCUT2D eigenvalue weighted by Gasteiger charge is 2.60. The lowest BCUT2D eigenvalue weighted by atomic mass is 9.53. The molecule has 2 nitrogen and oxygen atoms in total. The van der Waals surface area contributed by atoms with Gasteiger partial charge in [-0.25, -0.2) is 0 Å². The Morgan fingerprint density at radius 1 is 1.25 bits per heavy atom. The Bertz CT molecular complexity index is 670. The van der Waals surface area contributed by atoms with Crippen molar-refractivity contribution in [3.05, 3.63) is 40.4 Å². The minimum atomic E-state index is -0.647. The molecule has 2 fully saturated rings. The molecule has 2 saturated carbocycles. The second-order valence-electron chi connectivity index (χ2n) is 8.19. The van der Waals surface area contributed by atoms with E-state index in [0.717, 1.165) is 31.4 Å². The SMILES string of the molecule is COc1ccc2c(c1)CC[C@@H]1[C@@H]2CC[C@@]2(C)[C@H]1CC[C@@]2(O)/C=C/Br. The van der Waals surface area contributed by atoms with E-state index in [1.165, 1.54) is 18.4 Å². The van der Waals surface area contributed by atoms with Crippen LogP contribution in [0.3, 0.4) is 0 Å². The molecule has 0 aromatic heterocycles. The second-order valence-corrected chi connectivity index (χ2v) is 8.72. The first kappa shape index (κ1) is 16.7. The van der Waals surface area contributed by atoms with Crippen LogP contribution in [0.5, 0.6) is 5.75 Å². The predicted molar refractivity (Wildman–Crippen MR) is 101 cm³/mol.